The van der Waals surface area contributed by atoms with Crippen LogP contribution >= 0.6 is 0 Å². The van der Waals surface area contributed by atoms with Gasteiger partial charge in [-0.05, 0) is 61.7 Å². The van der Waals surface area contributed by atoms with Crippen molar-refractivity contribution in [2.24, 2.45) is 0 Å². The Bertz CT molecular complexity index is 1260. The number of aromatic nitrogens is 2. The molecule has 0 aliphatic carbocycles. The van der Waals surface area contributed by atoms with E-state index in [1.165, 1.54) is 0 Å². The quantitative estimate of drug-likeness (QED) is 0.450. The first-order valence-corrected chi connectivity index (χ1v) is 10.7. The van der Waals surface area contributed by atoms with Gasteiger partial charge in [-0.3, -0.25) is 14.6 Å². The summed E-state index contributed by atoms with van der Waals surface area (Å²) in [7, 11) is 0. The van der Waals surface area contributed by atoms with Crippen LogP contribution in [-0.4, -0.2) is 38.8 Å². The van der Waals surface area contributed by atoms with Gasteiger partial charge in [0.25, 0.3) is 5.91 Å². The fourth-order valence-corrected chi connectivity index (χ4v) is 3.97. The largest absolute Gasteiger partial charge is 0.329 e. The number of imide groups is 1. The molecule has 0 spiro atoms. The number of hydrogen-bond acceptors (Lipinski definition) is 4. The van der Waals surface area contributed by atoms with Crippen LogP contribution in [0, 0.1) is 13.8 Å². The summed E-state index contributed by atoms with van der Waals surface area (Å²) in [5.41, 5.74) is 5.36. The number of carbonyl (C=O) groups is 3. The maximum atomic E-state index is 12.9. The Morgan fingerprint density at radius 2 is 1.94 bits per heavy atom. The summed E-state index contributed by atoms with van der Waals surface area (Å²) < 4.78 is 2.02. The molecule has 33 heavy (non-hydrogen) atoms. The van der Waals surface area contributed by atoms with Gasteiger partial charge in [0.1, 0.15) is 12.2 Å². The van der Waals surface area contributed by atoms with Gasteiger partial charge in [0.05, 0.1) is 11.9 Å². The standard InChI is InChI=1S/C25H25N5O3/c1-4-18-8-5-6-10-21(18)27-23(31)15-29-24(32)22(28-25(29)33)13-19-12-16(2)30(17(19)3)20-9-7-11-26-14-20/h5-14H,4,15H2,1-3H3,(H,27,31)(H,28,33)/b22-13+. The minimum atomic E-state index is -0.619. The van der Waals surface area contributed by atoms with Gasteiger partial charge in [-0.25, -0.2) is 9.69 Å². The third-order valence-electron chi connectivity index (χ3n) is 5.61. The van der Waals surface area contributed by atoms with Crippen molar-refractivity contribution in [1.82, 2.24) is 19.8 Å². The molecule has 0 saturated carbocycles. The molecule has 2 aromatic heterocycles. The molecule has 0 radical (unpaired) electrons. The van der Waals surface area contributed by atoms with E-state index >= 15 is 0 Å². The minimum Gasteiger partial charge on any atom is -0.324 e. The summed E-state index contributed by atoms with van der Waals surface area (Å²) in [5, 5.41) is 5.38. The van der Waals surface area contributed by atoms with Crippen LogP contribution in [0.4, 0.5) is 10.5 Å². The predicted octanol–water partition coefficient (Wildman–Crippen LogP) is 3.58. The molecule has 8 nitrogen and oxygen atoms in total. The van der Waals surface area contributed by atoms with Crippen LogP contribution in [0.1, 0.15) is 29.4 Å². The number of anilines is 1. The highest BCUT2D eigenvalue weighted by molar-refractivity contribution is 6.16. The normalized spacial score (nSPS) is 14.6. The lowest BCUT2D eigenvalue weighted by molar-refractivity contribution is -0.127. The number of benzene rings is 1. The monoisotopic (exact) mass is 443 g/mol. The summed E-state index contributed by atoms with van der Waals surface area (Å²) >= 11 is 0. The van der Waals surface area contributed by atoms with E-state index in [0.717, 1.165) is 39.5 Å². The van der Waals surface area contributed by atoms with Crippen LogP contribution in [0.2, 0.25) is 0 Å². The first kappa shape index (κ1) is 22.0. The van der Waals surface area contributed by atoms with Gasteiger partial charge in [-0.2, -0.15) is 0 Å². The highest BCUT2D eigenvalue weighted by Crippen LogP contribution is 2.23. The number of hydrogen-bond donors (Lipinski definition) is 2. The van der Waals surface area contributed by atoms with Crippen molar-refractivity contribution in [2.45, 2.75) is 27.2 Å². The summed E-state index contributed by atoms with van der Waals surface area (Å²) in [6, 6.07) is 12.6. The maximum Gasteiger partial charge on any atom is 0.329 e. The number of carbonyl (C=O) groups excluding carboxylic acids is 3. The number of urea groups is 1. The zero-order valence-corrected chi connectivity index (χ0v) is 18.8. The van der Waals surface area contributed by atoms with Gasteiger partial charge < -0.3 is 15.2 Å². The van der Waals surface area contributed by atoms with Crippen molar-refractivity contribution in [3.8, 4) is 5.69 Å². The second kappa shape index (κ2) is 9.12. The minimum absolute atomic E-state index is 0.133. The zero-order valence-electron chi connectivity index (χ0n) is 18.8. The summed E-state index contributed by atoms with van der Waals surface area (Å²) in [4.78, 5) is 42.9. The lowest BCUT2D eigenvalue weighted by Gasteiger charge is -2.13. The first-order chi connectivity index (χ1) is 15.9. The van der Waals surface area contributed by atoms with Crippen LogP contribution in [0.25, 0.3) is 11.8 Å². The Balaban J connectivity index is 1.52. The van der Waals surface area contributed by atoms with Crippen molar-refractivity contribution in [3.05, 3.63) is 83.1 Å². The molecule has 0 atom stereocenters. The second-order valence-electron chi connectivity index (χ2n) is 7.81. The van der Waals surface area contributed by atoms with E-state index < -0.39 is 17.8 Å². The molecular formula is C25H25N5O3. The van der Waals surface area contributed by atoms with Gasteiger partial charge in [-0.15, -0.1) is 0 Å². The van der Waals surface area contributed by atoms with Crippen molar-refractivity contribution >= 4 is 29.6 Å². The van der Waals surface area contributed by atoms with Gasteiger partial charge in [0.2, 0.25) is 5.91 Å². The summed E-state index contributed by atoms with van der Waals surface area (Å²) in [5.74, 6) is -0.972. The number of amides is 4. The van der Waals surface area contributed by atoms with Crippen LogP contribution in [-0.2, 0) is 16.0 Å². The predicted molar refractivity (Wildman–Crippen MR) is 126 cm³/mol. The molecule has 3 heterocycles. The second-order valence-corrected chi connectivity index (χ2v) is 7.81. The Kier molecular flexibility index (Phi) is 6.08. The van der Waals surface area contributed by atoms with E-state index in [0.29, 0.717) is 5.69 Å². The average molecular weight is 444 g/mol. The highest BCUT2D eigenvalue weighted by atomic mass is 16.2. The van der Waals surface area contributed by atoms with E-state index in [9.17, 15) is 14.4 Å². The van der Waals surface area contributed by atoms with Crippen molar-refractivity contribution in [2.75, 3.05) is 11.9 Å². The van der Waals surface area contributed by atoms with E-state index in [1.807, 2.05) is 61.7 Å². The summed E-state index contributed by atoms with van der Waals surface area (Å²) in [6.07, 6.45) is 5.86. The van der Waals surface area contributed by atoms with Gasteiger partial charge in [0, 0.05) is 23.3 Å². The molecule has 1 aliphatic rings. The Hall–Kier alpha value is -4.20. The van der Waals surface area contributed by atoms with E-state index in [1.54, 1.807) is 24.5 Å². The molecule has 0 bridgehead atoms. The van der Waals surface area contributed by atoms with E-state index in [-0.39, 0.29) is 12.2 Å². The molecule has 8 heteroatoms. The number of aryl methyl sites for hydroxylation is 2. The summed E-state index contributed by atoms with van der Waals surface area (Å²) in [6.45, 7) is 5.52. The number of nitrogens with zero attached hydrogens (tertiary/aromatic N) is 3. The highest BCUT2D eigenvalue weighted by Gasteiger charge is 2.35. The maximum absolute atomic E-state index is 12.9. The molecule has 2 N–H and O–H groups in total. The Morgan fingerprint density at radius 1 is 1.15 bits per heavy atom. The van der Waals surface area contributed by atoms with E-state index in [2.05, 4.69) is 15.6 Å². The third-order valence-corrected chi connectivity index (χ3v) is 5.61. The molecule has 0 unspecified atom stereocenters. The van der Waals surface area contributed by atoms with Gasteiger partial charge in [0.15, 0.2) is 0 Å². The Morgan fingerprint density at radius 3 is 2.67 bits per heavy atom. The molecule has 1 saturated heterocycles. The molecule has 168 valence electrons. The van der Waals surface area contributed by atoms with Crippen LogP contribution in [0.3, 0.4) is 0 Å². The molecule has 1 aromatic carbocycles. The fraction of sp³-hybridized carbons (Fsp3) is 0.200. The topological polar surface area (TPSA) is 96.3 Å². The number of rotatable bonds is 6. The fourth-order valence-electron chi connectivity index (χ4n) is 3.97. The number of nitrogens with one attached hydrogen (secondary N) is 2. The average Bonchev–Trinajstić information content (AvgIpc) is 3.23. The molecule has 3 aromatic rings. The van der Waals surface area contributed by atoms with Crippen LogP contribution in [0.5, 0.6) is 0 Å². The van der Waals surface area contributed by atoms with Crippen LogP contribution in [0.15, 0.2) is 60.6 Å². The zero-order chi connectivity index (χ0) is 23.5. The van der Waals surface area contributed by atoms with Gasteiger partial charge >= 0.3 is 6.03 Å². The van der Waals surface area contributed by atoms with E-state index in [4.69, 9.17) is 0 Å². The van der Waals surface area contributed by atoms with Crippen molar-refractivity contribution in [1.29, 1.82) is 0 Å². The smallest absolute Gasteiger partial charge is 0.324 e. The molecule has 4 rings (SSSR count). The molecule has 1 aliphatic heterocycles. The van der Waals surface area contributed by atoms with Crippen LogP contribution < -0.4 is 10.6 Å². The molecule has 4 amide bonds. The Labute approximate surface area is 191 Å². The first-order valence-electron chi connectivity index (χ1n) is 10.7. The third kappa shape index (κ3) is 4.41. The number of pyridine rings is 1. The lowest BCUT2D eigenvalue weighted by atomic mass is 10.1. The molecule has 1 fully saturated rings. The SMILES string of the molecule is CCc1ccccc1NC(=O)CN1C(=O)N/C(=C/c2cc(C)n(-c3cccnc3)c2C)C1=O. The van der Waals surface area contributed by atoms with Gasteiger partial charge in [-0.1, -0.05) is 25.1 Å². The van der Waals surface area contributed by atoms with Crippen molar-refractivity contribution < 1.29 is 14.4 Å². The molecular weight excluding hydrogens is 418 g/mol. The lowest BCUT2D eigenvalue weighted by Crippen LogP contribution is -2.38. The van der Waals surface area contributed by atoms with Crippen molar-refractivity contribution in [3.63, 3.8) is 0 Å². The number of para-hydroxylation sites is 1.